The largest absolute Gasteiger partial charge is 0.457 e. The van der Waals surface area contributed by atoms with Crippen molar-refractivity contribution >= 4 is 17.4 Å². The van der Waals surface area contributed by atoms with Crippen molar-refractivity contribution in [3.63, 3.8) is 0 Å². The standard InChI is InChI=1S/C15H15ClN2O2/c1-9-3-5-12(15(17)18-19)14(7-9)20-11-4-6-13(16)10(2)8-11/h3-8,19H,1-2H3,(H2,17,18). The molecule has 2 rings (SSSR count). The predicted octanol–water partition coefficient (Wildman–Crippen LogP) is 3.84. The molecule has 0 atom stereocenters. The number of amidine groups is 1. The van der Waals surface area contributed by atoms with Crippen LogP contribution in [0.2, 0.25) is 5.02 Å². The highest BCUT2D eigenvalue weighted by Gasteiger charge is 2.10. The van der Waals surface area contributed by atoms with Crippen molar-refractivity contribution in [1.29, 1.82) is 0 Å². The molecular formula is C15H15ClN2O2. The number of hydrogen-bond acceptors (Lipinski definition) is 3. The van der Waals surface area contributed by atoms with Gasteiger partial charge in [-0.1, -0.05) is 22.8 Å². The van der Waals surface area contributed by atoms with Gasteiger partial charge in [0.15, 0.2) is 5.84 Å². The third kappa shape index (κ3) is 3.03. The molecule has 0 fully saturated rings. The highest BCUT2D eigenvalue weighted by atomic mass is 35.5. The first-order chi connectivity index (χ1) is 9.51. The molecule has 5 heteroatoms. The third-order valence-corrected chi connectivity index (χ3v) is 3.30. The molecular weight excluding hydrogens is 276 g/mol. The maximum Gasteiger partial charge on any atom is 0.173 e. The minimum absolute atomic E-state index is 0.00526. The lowest BCUT2D eigenvalue weighted by Gasteiger charge is -2.12. The SMILES string of the molecule is Cc1ccc(C(N)=NO)c(Oc2ccc(Cl)c(C)c2)c1. The number of nitrogens with zero attached hydrogens (tertiary/aromatic N) is 1. The Hall–Kier alpha value is -2.20. The monoisotopic (exact) mass is 290 g/mol. The van der Waals surface area contributed by atoms with Crippen LogP contribution in [-0.4, -0.2) is 11.0 Å². The molecule has 2 aromatic carbocycles. The predicted molar refractivity (Wildman–Crippen MR) is 80.0 cm³/mol. The fourth-order valence-corrected chi connectivity index (χ4v) is 1.90. The zero-order valence-corrected chi connectivity index (χ0v) is 12.0. The maximum atomic E-state index is 8.82. The topological polar surface area (TPSA) is 67.8 Å². The van der Waals surface area contributed by atoms with Crippen LogP contribution in [0.1, 0.15) is 16.7 Å². The van der Waals surface area contributed by atoms with E-state index in [9.17, 15) is 0 Å². The smallest absolute Gasteiger partial charge is 0.173 e. The summed E-state index contributed by atoms with van der Waals surface area (Å²) in [5.41, 5.74) is 8.12. The Bertz CT molecular complexity index is 669. The van der Waals surface area contributed by atoms with Gasteiger partial charge in [0, 0.05) is 5.02 Å². The van der Waals surface area contributed by atoms with Gasteiger partial charge in [-0.05, 0) is 55.3 Å². The van der Waals surface area contributed by atoms with Crippen LogP contribution in [0.25, 0.3) is 0 Å². The van der Waals surface area contributed by atoms with Gasteiger partial charge in [0.2, 0.25) is 0 Å². The van der Waals surface area contributed by atoms with Gasteiger partial charge in [-0.3, -0.25) is 0 Å². The molecule has 0 radical (unpaired) electrons. The van der Waals surface area contributed by atoms with Gasteiger partial charge >= 0.3 is 0 Å². The summed E-state index contributed by atoms with van der Waals surface area (Å²) < 4.78 is 5.82. The minimum atomic E-state index is 0.00526. The minimum Gasteiger partial charge on any atom is -0.457 e. The highest BCUT2D eigenvalue weighted by Crippen LogP contribution is 2.29. The number of ether oxygens (including phenoxy) is 1. The molecule has 0 saturated carbocycles. The van der Waals surface area contributed by atoms with E-state index in [2.05, 4.69) is 5.16 Å². The first-order valence-corrected chi connectivity index (χ1v) is 6.41. The van der Waals surface area contributed by atoms with E-state index in [-0.39, 0.29) is 5.84 Å². The van der Waals surface area contributed by atoms with Crippen molar-refractivity contribution in [3.8, 4) is 11.5 Å². The van der Waals surface area contributed by atoms with Crippen LogP contribution >= 0.6 is 11.6 Å². The molecule has 0 aliphatic heterocycles. The fourth-order valence-electron chi connectivity index (χ4n) is 1.79. The number of hydrogen-bond donors (Lipinski definition) is 2. The average Bonchev–Trinajstić information content (AvgIpc) is 2.42. The lowest BCUT2D eigenvalue weighted by Crippen LogP contribution is -2.14. The molecule has 0 heterocycles. The van der Waals surface area contributed by atoms with Crippen molar-refractivity contribution in [1.82, 2.24) is 0 Å². The van der Waals surface area contributed by atoms with Gasteiger partial charge < -0.3 is 15.7 Å². The second-order valence-corrected chi connectivity index (χ2v) is 4.91. The second-order valence-electron chi connectivity index (χ2n) is 4.50. The van der Waals surface area contributed by atoms with E-state index in [1.807, 2.05) is 32.0 Å². The molecule has 104 valence electrons. The van der Waals surface area contributed by atoms with E-state index in [0.29, 0.717) is 22.1 Å². The van der Waals surface area contributed by atoms with Crippen LogP contribution in [0, 0.1) is 13.8 Å². The molecule has 0 amide bonds. The van der Waals surface area contributed by atoms with E-state index in [1.165, 1.54) is 0 Å². The Balaban J connectivity index is 2.41. The first kappa shape index (κ1) is 14.2. The van der Waals surface area contributed by atoms with Crippen molar-refractivity contribution in [2.75, 3.05) is 0 Å². The van der Waals surface area contributed by atoms with Gasteiger partial charge in [0.1, 0.15) is 11.5 Å². The second kappa shape index (κ2) is 5.84. The van der Waals surface area contributed by atoms with Gasteiger partial charge in [0.05, 0.1) is 5.56 Å². The summed E-state index contributed by atoms with van der Waals surface area (Å²) in [6, 6.07) is 10.8. The first-order valence-electron chi connectivity index (χ1n) is 6.04. The number of benzene rings is 2. The summed E-state index contributed by atoms with van der Waals surface area (Å²) in [5, 5.41) is 12.5. The molecule has 2 aromatic rings. The average molecular weight is 291 g/mol. The lowest BCUT2D eigenvalue weighted by atomic mass is 10.1. The van der Waals surface area contributed by atoms with Gasteiger partial charge in [0.25, 0.3) is 0 Å². The Morgan fingerprint density at radius 2 is 1.95 bits per heavy atom. The van der Waals surface area contributed by atoms with Crippen LogP contribution in [0.15, 0.2) is 41.6 Å². The van der Waals surface area contributed by atoms with Crippen molar-refractivity contribution < 1.29 is 9.94 Å². The van der Waals surface area contributed by atoms with E-state index < -0.39 is 0 Å². The van der Waals surface area contributed by atoms with Crippen molar-refractivity contribution in [2.24, 2.45) is 10.9 Å². The molecule has 0 aliphatic carbocycles. The molecule has 20 heavy (non-hydrogen) atoms. The van der Waals surface area contributed by atoms with Crippen LogP contribution < -0.4 is 10.5 Å². The summed E-state index contributed by atoms with van der Waals surface area (Å²) in [7, 11) is 0. The van der Waals surface area contributed by atoms with Crippen molar-refractivity contribution in [2.45, 2.75) is 13.8 Å². The van der Waals surface area contributed by atoms with E-state index in [0.717, 1.165) is 11.1 Å². The molecule has 0 spiro atoms. The Labute approximate surface area is 122 Å². The molecule has 0 aromatic heterocycles. The summed E-state index contributed by atoms with van der Waals surface area (Å²) >= 11 is 5.99. The third-order valence-electron chi connectivity index (χ3n) is 2.88. The number of nitrogens with two attached hydrogens (primary N) is 1. The molecule has 0 aliphatic rings. The highest BCUT2D eigenvalue weighted by molar-refractivity contribution is 6.31. The summed E-state index contributed by atoms with van der Waals surface area (Å²) in [4.78, 5) is 0. The molecule has 0 saturated heterocycles. The van der Waals surface area contributed by atoms with Gasteiger partial charge in [-0.25, -0.2) is 0 Å². The van der Waals surface area contributed by atoms with Crippen LogP contribution in [0.4, 0.5) is 0 Å². The summed E-state index contributed by atoms with van der Waals surface area (Å²) in [5.74, 6) is 1.18. The van der Waals surface area contributed by atoms with Crippen LogP contribution in [-0.2, 0) is 0 Å². The number of oxime groups is 1. The number of rotatable bonds is 3. The fraction of sp³-hybridized carbons (Fsp3) is 0.133. The van der Waals surface area contributed by atoms with Crippen LogP contribution in [0.5, 0.6) is 11.5 Å². The normalized spacial score (nSPS) is 11.4. The Morgan fingerprint density at radius 3 is 2.60 bits per heavy atom. The number of aryl methyl sites for hydroxylation is 2. The summed E-state index contributed by atoms with van der Waals surface area (Å²) in [6.07, 6.45) is 0. The number of halogens is 1. The lowest BCUT2D eigenvalue weighted by molar-refractivity contribution is 0.318. The molecule has 3 N–H and O–H groups in total. The Morgan fingerprint density at radius 1 is 1.20 bits per heavy atom. The van der Waals surface area contributed by atoms with Crippen LogP contribution in [0.3, 0.4) is 0 Å². The van der Waals surface area contributed by atoms with E-state index in [1.54, 1.807) is 18.2 Å². The quantitative estimate of drug-likeness (QED) is 0.390. The molecule has 0 bridgehead atoms. The van der Waals surface area contributed by atoms with Gasteiger partial charge in [-0.2, -0.15) is 0 Å². The Kier molecular flexibility index (Phi) is 4.15. The molecule has 4 nitrogen and oxygen atoms in total. The van der Waals surface area contributed by atoms with E-state index in [4.69, 9.17) is 27.3 Å². The summed E-state index contributed by atoms with van der Waals surface area (Å²) in [6.45, 7) is 3.84. The zero-order chi connectivity index (χ0) is 14.7. The molecule has 0 unspecified atom stereocenters. The zero-order valence-electron chi connectivity index (χ0n) is 11.2. The van der Waals surface area contributed by atoms with Crippen molar-refractivity contribution in [3.05, 3.63) is 58.1 Å². The maximum absolute atomic E-state index is 8.82. The van der Waals surface area contributed by atoms with E-state index >= 15 is 0 Å². The van der Waals surface area contributed by atoms with Gasteiger partial charge in [-0.15, -0.1) is 0 Å².